The monoisotopic (exact) mass is 233 g/mol. The Kier molecular flexibility index (Phi) is 2.86. The summed E-state index contributed by atoms with van der Waals surface area (Å²) in [6.07, 6.45) is 1.09. The minimum Gasteiger partial charge on any atom is -0.273 e. The van der Waals surface area contributed by atoms with E-state index >= 15 is 0 Å². The zero-order valence-electron chi connectivity index (χ0n) is 9.29. The third-order valence-electron chi connectivity index (χ3n) is 2.51. The van der Waals surface area contributed by atoms with E-state index in [4.69, 9.17) is 0 Å². The highest BCUT2D eigenvalue weighted by Crippen LogP contribution is 2.22. The molecular formula is C11H11N3O3. The number of hydrazone groups is 1. The summed E-state index contributed by atoms with van der Waals surface area (Å²) in [7, 11) is 0. The number of hydrogen-bond acceptors (Lipinski definition) is 4. The lowest BCUT2D eigenvalue weighted by atomic mass is 10.2. The first kappa shape index (κ1) is 11.3. The molecule has 1 aromatic carbocycles. The van der Waals surface area contributed by atoms with Crippen LogP contribution < -0.4 is 5.01 Å². The number of non-ortho nitro benzene ring substituents is 1. The van der Waals surface area contributed by atoms with Gasteiger partial charge in [0.25, 0.3) is 5.69 Å². The van der Waals surface area contributed by atoms with Gasteiger partial charge in [0.05, 0.1) is 10.6 Å². The van der Waals surface area contributed by atoms with Gasteiger partial charge in [0.15, 0.2) is 0 Å². The van der Waals surface area contributed by atoms with E-state index in [2.05, 4.69) is 5.10 Å². The third-order valence-corrected chi connectivity index (χ3v) is 2.51. The number of amides is 1. The van der Waals surface area contributed by atoms with Crippen LogP contribution in [0.4, 0.5) is 11.4 Å². The molecule has 0 aromatic heterocycles. The topological polar surface area (TPSA) is 75.8 Å². The smallest absolute Gasteiger partial charge is 0.269 e. The zero-order valence-corrected chi connectivity index (χ0v) is 9.29. The van der Waals surface area contributed by atoms with Gasteiger partial charge in [-0.3, -0.25) is 14.9 Å². The highest BCUT2D eigenvalue weighted by Gasteiger charge is 2.20. The Morgan fingerprint density at radius 2 is 1.94 bits per heavy atom. The summed E-state index contributed by atoms with van der Waals surface area (Å²) in [6.45, 7) is 1.85. The van der Waals surface area contributed by atoms with Crippen LogP contribution in [0.3, 0.4) is 0 Å². The third kappa shape index (κ3) is 2.30. The molecule has 0 radical (unpaired) electrons. The van der Waals surface area contributed by atoms with Gasteiger partial charge in [0.2, 0.25) is 5.91 Å². The Balaban J connectivity index is 2.30. The van der Waals surface area contributed by atoms with Gasteiger partial charge < -0.3 is 0 Å². The van der Waals surface area contributed by atoms with Crippen LogP contribution in [0.5, 0.6) is 0 Å². The number of rotatable bonds is 2. The van der Waals surface area contributed by atoms with Crippen molar-refractivity contribution in [1.82, 2.24) is 0 Å². The van der Waals surface area contributed by atoms with E-state index in [1.54, 1.807) is 0 Å². The van der Waals surface area contributed by atoms with E-state index in [9.17, 15) is 14.9 Å². The van der Waals surface area contributed by atoms with Crippen LogP contribution in [-0.4, -0.2) is 16.5 Å². The Hall–Kier alpha value is -2.24. The van der Waals surface area contributed by atoms with Crippen molar-refractivity contribution < 1.29 is 9.72 Å². The molecule has 1 aromatic rings. The van der Waals surface area contributed by atoms with E-state index < -0.39 is 4.92 Å². The molecule has 0 saturated heterocycles. The largest absolute Gasteiger partial charge is 0.273 e. The molecule has 88 valence electrons. The van der Waals surface area contributed by atoms with Gasteiger partial charge in [-0.25, -0.2) is 5.01 Å². The van der Waals surface area contributed by atoms with Crippen molar-refractivity contribution in [2.75, 3.05) is 5.01 Å². The Morgan fingerprint density at radius 3 is 2.53 bits per heavy atom. The van der Waals surface area contributed by atoms with Gasteiger partial charge in [-0.1, -0.05) is 0 Å². The summed E-state index contributed by atoms with van der Waals surface area (Å²) in [4.78, 5) is 21.7. The number of nitrogens with zero attached hydrogens (tertiary/aromatic N) is 3. The molecule has 0 atom stereocenters. The van der Waals surface area contributed by atoms with Crippen molar-refractivity contribution in [3.8, 4) is 0 Å². The van der Waals surface area contributed by atoms with Crippen molar-refractivity contribution in [1.29, 1.82) is 0 Å². The number of hydrogen-bond donors (Lipinski definition) is 0. The molecule has 1 amide bonds. The first-order valence-corrected chi connectivity index (χ1v) is 5.19. The van der Waals surface area contributed by atoms with Crippen LogP contribution in [0, 0.1) is 10.1 Å². The van der Waals surface area contributed by atoms with E-state index in [-0.39, 0.29) is 11.6 Å². The molecule has 0 saturated carbocycles. The molecule has 0 N–H and O–H groups in total. The van der Waals surface area contributed by atoms with E-state index in [1.807, 2.05) is 6.92 Å². The summed E-state index contributed by atoms with van der Waals surface area (Å²) in [6, 6.07) is 5.78. The first-order valence-electron chi connectivity index (χ1n) is 5.19. The number of carbonyl (C=O) groups is 1. The molecular weight excluding hydrogens is 222 g/mol. The number of carbonyl (C=O) groups excluding carboxylic acids is 1. The summed E-state index contributed by atoms with van der Waals surface area (Å²) < 4.78 is 0. The number of anilines is 1. The van der Waals surface area contributed by atoms with Gasteiger partial charge in [-0.2, -0.15) is 5.10 Å². The predicted octanol–water partition coefficient (Wildman–Crippen LogP) is 2.10. The van der Waals surface area contributed by atoms with Crippen molar-refractivity contribution in [3.05, 3.63) is 34.4 Å². The summed E-state index contributed by atoms with van der Waals surface area (Å²) >= 11 is 0. The maximum atomic E-state index is 11.6. The van der Waals surface area contributed by atoms with E-state index in [1.165, 1.54) is 29.3 Å². The van der Waals surface area contributed by atoms with E-state index in [0.717, 1.165) is 5.71 Å². The van der Waals surface area contributed by atoms with Crippen molar-refractivity contribution in [2.45, 2.75) is 19.8 Å². The number of benzene rings is 1. The molecule has 0 unspecified atom stereocenters. The van der Waals surface area contributed by atoms with Gasteiger partial charge in [-0.15, -0.1) is 0 Å². The SMILES string of the molecule is CC1=NN(c2ccc([N+](=O)[O-])cc2)C(=O)CC1. The molecule has 1 aliphatic rings. The maximum Gasteiger partial charge on any atom is 0.269 e. The number of nitro groups is 1. The molecule has 0 aliphatic carbocycles. The Morgan fingerprint density at radius 1 is 1.29 bits per heavy atom. The predicted molar refractivity (Wildman–Crippen MR) is 62.9 cm³/mol. The molecule has 0 bridgehead atoms. The van der Waals surface area contributed by atoms with Crippen LogP contribution in [0.25, 0.3) is 0 Å². The molecule has 0 fully saturated rings. The normalized spacial score (nSPS) is 15.7. The van der Waals surface area contributed by atoms with Crippen molar-refractivity contribution in [2.24, 2.45) is 5.10 Å². The lowest BCUT2D eigenvalue weighted by Gasteiger charge is -2.22. The van der Waals surface area contributed by atoms with Crippen LogP contribution in [-0.2, 0) is 4.79 Å². The standard InChI is InChI=1S/C11H11N3O3/c1-8-2-7-11(15)13(12-8)9-3-5-10(6-4-9)14(16)17/h3-6H,2,7H2,1H3. The molecule has 1 heterocycles. The van der Waals surface area contributed by atoms with Gasteiger partial charge in [0, 0.05) is 24.3 Å². The second kappa shape index (κ2) is 4.32. The molecule has 0 spiro atoms. The van der Waals surface area contributed by atoms with Gasteiger partial charge in [-0.05, 0) is 25.5 Å². The molecule has 1 aliphatic heterocycles. The maximum absolute atomic E-state index is 11.6. The highest BCUT2D eigenvalue weighted by atomic mass is 16.6. The summed E-state index contributed by atoms with van der Waals surface area (Å²) in [5, 5.41) is 15.9. The van der Waals surface area contributed by atoms with Crippen LogP contribution >= 0.6 is 0 Å². The zero-order chi connectivity index (χ0) is 12.4. The Labute approximate surface area is 97.7 Å². The molecule has 2 rings (SSSR count). The first-order chi connectivity index (χ1) is 8.08. The van der Waals surface area contributed by atoms with E-state index in [0.29, 0.717) is 18.5 Å². The number of nitro benzene ring substituents is 1. The molecule has 6 heteroatoms. The fourth-order valence-electron chi connectivity index (χ4n) is 1.59. The average molecular weight is 233 g/mol. The van der Waals surface area contributed by atoms with Crippen LogP contribution in [0.2, 0.25) is 0 Å². The van der Waals surface area contributed by atoms with Crippen LogP contribution in [0.1, 0.15) is 19.8 Å². The van der Waals surface area contributed by atoms with Crippen molar-refractivity contribution >= 4 is 23.0 Å². The lowest BCUT2D eigenvalue weighted by Crippen LogP contribution is -2.30. The minimum atomic E-state index is -0.476. The lowest BCUT2D eigenvalue weighted by molar-refractivity contribution is -0.384. The molecule has 17 heavy (non-hydrogen) atoms. The van der Waals surface area contributed by atoms with Crippen molar-refractivity contribution in [3.63, 3.8) is 0 Å². The summed E-state index contributed by atoms with van der Waals surface area (Å²) in [5.41, 5.74) is 1.43. The quantitative estimate of drug-likeness (QED) is 0.579. The molecule has 6 nitrogen and oxygen atoms in total. The fraction of sp³-hybridized carbons (Fsp3) is 0.273. The second-order valence-corrected chi connectivity index (χ2v) is 3.81. The summed E-state index contributed by atoms with van der Waals surface area (Å²) in [5.74, 6) is -0.0931. The van der Waals surface area contributed by atoms with Crippen LogP contribution in [0.15, 0.2) is 29.4 Å². The fourth-order valence-corrected chi connectivity index (χ4v) is 1.59. The average Bonchev–Trinajstić information content (AvgIpc) is 2.32. The Bertz CT molecular complexity index is 493. The van der Waals surface area contributed by atoms with Gasteiger partial charge >= 0.3 is 0 Å². The highest BCUT2D eigenvalue weighted by molar-refractivity contribution is 6.01. The minimum absolute atomic E-state index is 0.00101. The van der Waals surface area contributed by atoms with Gasteiger partial charge in [0.1, 0.15) is 0 Å². The second-order valence-electron chi connectivity index (χ2n) is 3.81.